The van der Waals surface area contributed by atoms with Crippen molar-refractivity contribution < 1.29 is 33.4 Å². The number of nitrogens with one attached hydrogen (secondary N) is 3. The normalized spacial score (nSPS) is 30.1. The predicted octanol–water partition coefficient (Wildman–Crippen LogP) is 0.714. The average molecular weight is 471 g/mol. The molecule has 1 spiro atoms. The third kappa shape index (κ3) is 3.32. The molecular formula is C22H25N5O7. The van der Waals surface area contributed by atoms with Crippen LogP contribution in [0.3, 0.4) is 0 Å². The molecule has 0 radical (unpaired) electrons. The summed E-state index contributed by atoms with van der Waals surface area (Å²) in [5, 5.41) is 5.95. The molecule has 1 aromatic carbocycles. The minimum atomic E-state index is -1.43. The molecule has 3 heterocycles. The lowest BCUT2D eigenvalue weighted by Crippen LogP contribution is -2.53. The Hall–Kier alpha value is -3.83. The van der Waals surface area contributed by atoms with Gasteiger partial charge in [0, 0.05) is 0 Å². The van der Waals surface area contributed by atoms with E-state index < -0.39 is 47.4 Å². The van der Waals surface area contributed by atoms with Crippen LogP contribution in [0.4, 0.5) is 9.59 Å². The molecule has 3 aliphatic heterocycles. The molecule has 1 unspecified atom stereocenters. The summed E-state index contributed by atoms with van der Waals surface area (Å²) < 4.78 is 10.6. The molecule has 3 fully saturated rings. The first-order valence-electron chi connectivity index (χ1n) is 11.1. The molecule has 0 bridgehead atoms. The number of hydrogen-bond acceptors (Lipinski definition) is 7. The lowest BCUT2D eigenvalue weighted by Gasteiger charge is -2.33. The monoisotopic (exact) mass is 471 g/mol. The van der Waals surface area contributed by atoms with E-state index in [4.69, 9.17) is 9.47 Å². The Bertz CT molecular complexity index is 1110. The van der Waals surface area contributed by atoms with Crippen molar-refractivity contribution in [3.8, 4) is 11.5 Å². The molecule has 12 nitrogen and oxygen atoms in total. The number of benzene rings is 1. The van der Waals surface area contributed by atoms with Crippen LogP contribution in [0.1, 0.15) is 45.1 Å². The molecular weight excluding hydrogens is 446 g/mol. The van der Waals surface area contributed by atoms with Gasteiger partial charge in [-0.1, -0.05) is 13.0 Å². The van der Waals surface area contributed by atoms with E-state index in [2.05, 4.69) is 23.0 Å². The number of ether oxygens (including phenoxy) is 2. The Balaban J connectivity index is 1.27. The highest BCUT2D eigenvalue weighted by atomic mass is 16.7. The second-order valence-corrected chi connectivity index (χ2v) is 9.38. The smallest absolute Gasteiger partial charge is 0.344 e. The van der Waals surface area contributed by atoms with Crippen molar-refractivity contribution in [3.05, 3.63) is 23.8 Å². The summed E-state index contributed by atoms with van der Waals surface area (Å²) >= 11 is 0. The van der Waals surface area contributed by atoms with Gasteiger partial charge in [-0.25, -0.2) is 9.59 Å². The van der Waals surface area contributed by atoms with Crippen molar-refractivity contribution in [1.82, 2.24) is 26.0 Å². The van der Waals surface area contributed by atoms with E-state index in [1.165, 1.54) is 6.92 Å². The van der Waals surface area contributed by atoms with Gasteiger partial charge in [0.05, 0.1) is 0 Å². The molecule has 1 saturated carbocycles. The maximum Gasteiger partial charge on any atom is 0.344 e. The molecule has 1 aromatic rings. The minimum absolute atomic E-state index is 0.0607. The van der Waals surface area contributed by atoms with Gasteiger partial charge in [0.1, 0.15) is 17.6 Å². The van der Waals surface area contributed by atoms with E-state index >= 15 is 0 Å². The highest BCUT2D eigenvalue weighted by molar-refractivity contribution is 6.10. The summed E-state index contributed by atoms with van der Waals surface area (Å²) in [6.45, 7) is 3.01. The van der Waals surface area contributed by atoms with Crippen molar-refractivity contribution in [3.63, 3.8) is 0 Å². The van der Waals surface area contributed by atoms with Crippen LogP contribution in [0.2, 0.25) is 0 Å². The predicted molar refractivity (Wildman–Crippen MR) is 114 cm³/mol. The second-order valence-electron chi connectivity index (χ2n) is 9.38. The Morgan fingerprint density at radius 2 is 1.76 bits per heavy atom. The van der Waals surface area contributed by atoms with E-state index in [1.807, 2.05) is 0 Å². The standard InChI is InChI=1S/C22H25N5O7/c1-12-5-7-22(8-6-12)18(30)27(20(32)24-22)25-16(28)10-26-17(29)21(2,23-19(26)31)13-3-4-14-15(9-13)34-11-33-14/h3-4,9,12H,5-8,10-11H2,1-2H3,(H,23,31)(H,24,32)(H,25,28). The van der Waals surface area contributed by atoms with Crippen LogP contribution in [0, 0.1) is 5.92 Å². The van der Waals surface area contributed by atoms with Gasteiger partial charge in [-0.05, 0) is 56.2 Å². The molecule has 1 atom stereocenters. The average Bonchev–Trinajstić information content (AvgIpc) is 3.43. The zero-order chi connectivity index (χ0) is 24.3. The topological polar surface area (TPSA) is 146 Å². The Kier molecular flexibility index (Phi) is 4.92. The van der Waals surface area contributed by atoms with Crippen LogP contribution in [-0.2, 0) is 19.9 Å². The number of hydrogen-bond donors (Lipinski definition) is 3. The summed E-state index contributed by atoms with van der Waals surface area (Å²) in [7, 11) is 0. The summed E-state index contributed by atoms with van der Waals surface area (Å²) in [5.74, 6) is -0.594. The zero-order valence-electron chi connectivity index (χ0n) is 18.8. The minimum Gasteiger partial charge on any atom is -0.454 e. The number of amides is 7. The van der Waals surface area contributed by atoms with Crippen LogP contribution < -0.4 is 25.5 Å². The van der Waals surface area contributed by atoms with Crippen molar-refractivity contribution in [1.29, 1.82) is 0 Å². The van der Waals surface area contributed by atoms with Crippen molar-refractivity contribution in [2.75, 3.05) is 13.3 Å². The summed E-state index contributed by atoms with van der Waals surface area (Å²) in [4.78, 5) is 64.5. The summed E-state index contributed by atoms with van der Waals surface area (Å²) in [6.07, 6.45) is 2.56. The molecule has 7 amide bonds. The number of carbonyl (C=O) groups is 5. The zero-order valence-corrected chi connectivity index (χ0v) is 18.8. The van der Waals surface area contributed by atoms with Gasteiger partial charge in [-0.3, -0.25) is 24.7 Å². The summed E-state index contributed by atoms with van der Waals surface area (Å²) in [5.41, 5.74) is 0.265. The molecule has 180 valence electrons. The fraction of sp³-hybridized carbons (Fsp3) is 0.500. The fourth-order valence-corrected chi connectivity index (χ4v) is 4.86. The van der Waals surface area contributed by atoms with Crippen molar-refractivity contribution in [2.24, 2.45) is 5.92 Å². The van der Waals surface area contributed by atoms with Gasteiger partial charge >= 0.3 is 12.1 Å². The number of fused-ring (bicyclic) bond motifs is 1. The molecule has 12 heteroatoms. The second kappa shape index (κ2) is 7.61. The van der Waals surface area contributed by atoms with Crippen LogP contribution >= 0.6 is 0 Å². The van der Waals surface area contributed by atoms with Crippen LogP contribution in [0.5, 0.6) is 11.5 Å². The third-order valence-electron chi connectivity index (χ3n) is 7.05. The van der Waals surface area contributed by atoms with Crippen LogP contribution in [-0.4, -0.2) is 58.6 Å². The number of carbonyl (C=O) groups excluding carboxylic acids is 5. The first-order valence-corrected chi connectivity index (χ1v) is 11.1. The van der Waals surface area contributed by atoms with Crippen molar-refractivity contribution in [2.45, 2.75) is 50.6 Å². The van der Waals surface area contributed by atoms with E-state index in [9.17, 15) is 24.0 Å². The third-order valence-corrected chi connectivity index (χ3v) is 7.05. The quantitative estimate of drug-likeness (QED) is 0.548. The molecule has 0 aromatic heterocycles. The Morgan fingerprint density at radius 3 is 2.50 bits per heavy atom. The van der Waals surface area contributed by atoms with Crippen molar-refractivity contribution >= 4 is 29.8 Å². The van der Waals surface area contributed by atoms with Gasteiger partial charge in [-0.15, -0.1) is 0 Å². The SMILES string of the molecule is CC1CCC2(CC1)NC(=O)N(NC(=O)CN1C(=O)NC(C)(c3ccc4c(c3)OCO4)C1=O)C2=O. The first kappa shape index (κ1) is 22.0. The largest absolute Gasteiger partial charge is 0.454 e. The molecule has 5 rings (SSSR count). The summed E-state index contributed by atoms with van der Waals surface area (Å²) in [6, 6.07) is 3.37. The van der Waals surface area contributed by atoms with E-state index in [1.54, 1.807) is 18.2 Å². The first-order chi connectivity index (χ1) is 16.1. The van der Waals surface area contributed by atoms with E-state index in [0.29, 0.717) is 40.8 Å². The number of urea groups is 2. The Labute approximate surface area is 194 Å². The maximum atomic E-state index is 13.1. The molecule has 3 N–H and O–H groups in total. The van der Waals surface area contributed by atoms with Gasteiger partial charge in [0.2, 0.25) is 6.79 Å². The van der Waals surface area contributed by atoms with E-state index in [0.717, 1.165) is 17.7 Å². The number of rotatable bonds is 4. The van der Waals surface area contributed by atoms with Gasteiger partial charge in [0.25, 0.3) is 17.7 Å². The lowest BCUT2D eigenvalue weighted by molar-refractivity contribution is -0.141. The van der Waals surface area contributed by atoms with Crippen LogP contribution in [0.25, 0.3) is 0 Å². The Morgan fingerprint density at radius 1 is 1.06 bits per heavy atom. The highest BCUT2D eigenvalue weighted by Crippen LogP contribution is 2.38. The van der Waals surface area contributed by atoms with Crippen LogP contribution in [0.15, 0.2) is 18.2 Å². The lowest BCUT2D eigenvalue weighted by atomic mass is 9.77. The molecule has 34 heavy (non-hydrogen) atoms. The number of imide groups is 2. The highest BCUT2D eigenvalue weighted by Gasteiger charge is 2.54. The van der Waals surface area contributed by atoms with Gasteiger partial charge in [0.15, 0.2) is 11.5 Å². The number of hydrazine groups is 1. The number of nitrogens with zero attached hydrogens (tertiary/aromatic N) is 2. The fourth-order valence-electron chi connectivity index (χ4n) is 4.86. The van der Waals surface area contributed by atoms with E-state index in [-0.39, 0.29) is 6.79 Å². The molecule has 4 aliphatic rings. The molecule has 2 saturated heterocycles. The van der Waals surface area contributed by atoms with Gasteiger partial charge in [-0.2, -0.15) is 5.01 Å². The van der Waals surface area contributed by atoms with Gasteiger partial charge < -0.3 is 20.1 Å². The molecule has 1 aliphatic carbocycles. The maximum absolute atomic E-state index is 13.1.